The first-order valence-corrected chi connectivity index (χ1v) is 7.87. The molecule has 0 radical (unpaired) electrons. The average molecular weight is 312 g/mol. The van der Waals surface area contributed by atoms with Crippen molar-refractivity contribution in [2.75, 3.05) is 16.6 Å². The van der Waals surface area contributed by atoms with E-state index in [1.165, 1.54) is 6.20 Å². The molecule has 106 valence electrons. The van der Waals surface area contributed by atoms with E-state index in [4.69, 9.17) is 11.6 Å². The molecule has 0 saturated heterocycles. The molecular weight excluding hydrogens is 298 g/mol. The second-order valence-corrected chi connectivity index (χ2v) is 5.98. The summed E-state index contributed by atoms with van der Waals surface area (Å²) in [7, 11) is -3.80. The Morgan fingerprint density at radius 1 is 1.15 bits per heavy atom. The minimum absolute atomic E-state index is 0.0539. The number of aromatic nitrogens is 1. The van der Waals surface area contributed by atoms with Gasteiger partial charge < -0.3 is 5.32 Å². The van der Waals surface area contributed by atoms with Gasteiger partial charge in [-0.05, 0) is 31.2 Å². The van der Waals surface area contributed by atoms with Gasteiger partial charge in [0.1, 0.15) is 0 Å². The molecule has 0 spiro atoms. The second-order valence-electron chi connectivity index (χ2n) is 3.97. The summed E-state index contributed by atoms with van der Waals surface area (Å²) in [6.07, 6.45) is 1.43. The summed E-state index contributed by atoms with van der Waals surface area (Å²) in [6, 6.07) is 9.97. The van der Waals surface area contributed by atoms with Gasteiger partial charge in [0.2, 0.25) is 0 Å². The molecule has 0 saturated carbocycles. The Kier molecular flexibility index (Phi) is 4.46. The number of hydrogen-bond acceptors (Lipinski definition) is 4. The van der Waals surface area contributed by atoms with Gasteiger partial charge in [-0.2, -0.15) is 8.42 Å². The number of sulfonamides is 1. The maximum absolute atomic E-state index is 12.4. The van der Waals surface area contributed by atoms with Crippen molar-refractivity contribution < 1.29 is 8.42 Å². The topological polar surface area (TPSA) is 71.1 Å². The molecule has 0 amide bonds. The first kappa shape index (κ1) is 14.6. The van der Waals surface area contributed by atoms with Crippen LogP contribution in [0.4, 0.5) is 11.4 Å². The van der Waals surface area contributed by atoms with Gasteiger partial charge in [-0.1, -0.05) is 23.7 Å². The lowest BCUT2D eigenvalue weighted by Crippen LogP contribution is -2.17. The Morgan fingerprint density at radius 3 is 2.55 bits per heavy atom. The van der Waals surface area contributed by atoms with Crippen LogP contribution in [0.1, 0.15) is 6.92 Å². The lowest BCUT2D eigenvalue weighted by Gasteiger charge is -2.12. The maximum Gasteiger partial charge on any atom is 0.281 e. The van der Waals surface area contributed by atoms with Gasteiger partial charge >= 0.3 is 0 Å². The highest BCUT2D eigenvalue weighted by Crippen LogP contribution is 2.25. The lowest BCUT2D eigenvalue weighted by molar-refractivity contribution is 0.598. The highest BCUT2D eigenvalue weighted by Gasteiger charge is 2.20. The molecule has 2 rings (SSSR count). The quantitative estimate of drug-likeness (QED) is 0.890. The van der Waals surface area contributed by atoms with Gasteiger partial charge in [0.15, 0.2) is 5.03 Å². The summed E-state index contributed by atoms with van der Waals surface area (Å²) in [5.41, 5.74) is 0.775. The van der Waals surface area contributed by atoms with E-state index in [0.717, 1.165) is 0 Å². The molecular formula is C13H14ClN3O2S. The molecule has 1 heterocycles. The van der Waals surface area contributed by atoms with Crippen LogP contribution < -0.4 is 10.0 Å². The summed E-state index contributed by atoms with van der Waals surface area (Å²) >= 11 is 5.96. The zero-order valence-electron chi connectivity index (χ0n) is 10.8. The molecule has 0 aliphatic rings. The van der Waals surface area contributed by atoms with Crippen molar-refractivity contribution in [3.05, 3.63) is 47.6 Å². The van der Waals surface area contributed by atoms with E-state index in [9.17, 15) is 8.42 Å². The number of pyridine rings is 1. The van der Waals surface area contributed by atoms with Crippen LogP contribution in [0.25, 0.3) is 0 Å². The lowest BCUT2D eigenvalue weighted by atomic mass is 10.3. The molecule has 5 nitrogen and oxygen atoms in total. The van der Waals surface area contributed by atoms with E-state index < -0.39 is 10.0 Å². The van der Waals surface area contributed by atoms with E-state index in [1.807, 2.05) is 6.92 Å². The van der Waals surface area contributed by atoms with E-state index in [1.54, 1.807) is 36.4 Å². The number of halogens is 1. The molecule has 2 N–H and O–H groups in total. The smallest absolute Gasteiger partial charge is 0.281 e. The summed E-state index contributed by atoms with van der Waals surface area (Å²) < 4.78 is 27.2. The van der Waals surface area contributed by atoms with Gasteiger partial charge in [0.25, 0.3) is 10.0 Å². The molecule has 1 aromatic carbocycles. The molecule has 0 bridgehead atoms. The number of nitrogens with one attached hydrogen (secondary N) is 2. The molecule has 0 fully saturated rings. The first-order chi connectivity index (χ1) is 9.54. The number of nitrogens with zero attached hydrogens (tertiary/aromatic N) is 1. The average Bonchev–Trinajstić information content (AvgIpc) is 2.42. The van der Waals surface area contributed by atoms with Crippen molar-refractivity contribution in [2.45, 2.75) is 11.9 Å². The number of rotatable bonds is 5. The molecule has 0 aliphatic carbocycles. The number of benzene rings is 1. The van der Waals surface area contributed by atoms with Crippen LogP contribution in [-0.2, 0) is 10.0 Å². The van der Waals surface area contributed by atoms with E-state index in [-0.39, 0.29) is 5.03 Å². The predicted octanol–water partition coefficient (Wildman–Crippen LogP) is 2.97. The van der Waals surface area contributed by atoms with Crippen LogP contribution in [0.3, 0.4) is 0 Å². The number of hydrogen-bond donors (Lipinski definition) is 2. The van der Waals surface area contributed by atoms with Gasteiger partial charge in [0.05, 0.1) is 16.4 Å². The molecule has 2 aromatic rings. The second kappa shape index (κ2) is 6.11. The number of para-hydroxylation sites is 1. The Bertz CT molecular complexity index is 704. The fraction of sp³-hybridized carbons (Fsp3) is 0.154. The van der Waals surface area contributed by atoms with E-state index >= 15 is 0 Å². The zero-order chi connectivity index (χ0) is 14.6. The monoisotopic (exact) mass is 311 g/mol. The third-order valence-corrected chi connectivity index (χ3v) is 4.16. The number of anilines is 2. The van der Waals surface area contributed by atoms with Crippen LogP contribution in [0, 0.1) is 0 Å². The Hall–Kier alpha value is -1.79. The van der Waals surface area contributed by atoms with Crippen molar-refractivity contribution in [1.82, 2.24) is 4.98 Å². The molecule has 0 unspecified atom stereocenters. The third-order valence-electron chi connectivity index (χ3n) is 2.51. The standard InChI is InChI=1S/C13H14ClN3O2S/c1-2-15-12-8-5-9-16-13(12)20(18,19)17-11-7-4-3-6-10(11)14/h3-9,15,17H,2H2,1H3. The first-order valence-electron chi connectivity index (χ1n) is 6.01. The van der Waals surface area contributed by atoms with Gasteiger partial charge in [-0.25, -0.2) is 4.98 Å². The van der Waals surface area contributed by atoms with Crippen molar-refractivity contribution in [3.63, 3.8) is 0 Å². The van der Waals surface area contributed by atoms with Crippen LogP contribution in [0.2, 0.25) is 5.02 Å². The summed E-state index contributed by atoms with van der Waals surface area (Å²) in [5.74, 6) is 0. The Balaban J connectivity index is 2.39. The highest BCUT2D eigenvalue weighted by molar-refractivity contribution is 7.92. The normalized spacial score (nSPS) is 11.1. The van der Waals surface area contributed by atoms with Crippen molar-refractivity contribution >= 4 is 33.0 Å². The molecule has 20 heavy (non-hydrogen) atoms. The maximum atomic E-state index is 12.4. The van der Waals surface area contributed by atoms with Crippen LogP contribution in [-0.4, -0.2) is 19.9 Å². The fourth-order valence-electron chi connectivity index (χ4n) is 1.67. The minimum atomic E-state index is -3.80. The molecule has 0 aliphatic heterocycles. The zero-order valence-corrected chi connectivity index (χ0v) is 12.4. The summed E-state index contributed by atoms with van der Waals surface area (Å²) in [5, 5.41) is 3.24. The SMILES string of the molecule is CCNc1cccnc1S(=O)(=O)Nc1ccccc1Cl. The van der Waals surface area contributed by atoms with Crippen molar-refractivity contribution in [1.29, 1.82) is 0 Å². The Labute approximate surface area is 123 Å². The summed E-state index contributed by atoms with van der Waals surface area (Å²) in [6.45, 7) is 2.48. The largest absolute Gasteiger partial charge is 0.383 e. The van der Waals surface area contributed by atoms with E-state index in [0.29, 0.717) is 22.9 Å². The van der Waals surface area contributed by atoms with Gasteiger partial charge in [-0.3, -0.25) is 4.72 Å². The van der Waals surface area contributed by atoms with Crippen LogP contribution in [0.15, 0.2) is 47.6 Å². The van der Waals surface area contributed by atoms with Crippen molar-refractivity contribution in [3.8, 4) is 0 Å². The third kappa shape index (κ3) is 3.20. The highest BCUT2D eigenvalue weighted by atomic mass is 35.5. The van der Waals surface area contributed by atoms with Gasteiger partial charge in [0, 0.05) is 12.7 Å². The predicted molar refractivity (Wildman–Crippen MR) is 80.7 cm³/mol. The molecule has 7 heteroatoms. The van der Waals surface area contributed by atoms with Crippen molar-refractivity contribution in [2.24, 2.45) is 0 Å². The van der Waals surface area contributed by atoms with E-state index in [2.05, 4.69) is 15.0 Å². The van der Waals surface area contributed by atoms with Gasteiger partial charge in [-0.15, -0.1) is 0 Å². The molecule has 0 atom stereocenters. The van der Waals surface area contributed by atoms with Crippen LogP contribution >= 0.6 is 11.6 Å². The fourth-order valence-corrected chi connectivity index (χ4v) is 3.10. The Morgan fingerprint density at radius 2 is 1.85 bits per heavy atom. The van der Waals surface area contributed by atoms with Crippen LogP contribution in [0.5, 0.6) is 0 Å². The molecule has 1 aromatic heterocycles. The minimum Gasteiger partial charge on any atom is -0.383 e. The summed E-state index contributed by atoms with van der Waals surface area (Å²) in [4.78, 5) is 3.94.